The molecule has 0 radical (unpaired) electrons. The molecule has 1 unspecified atom stereocenters. The molecule has 1 heterocycles. The molecule has 0 bridgehead atoms. The first-order valence-electron chi connectivity index (χ1n) is 6.90. The number of rotatable bonds is 6. The Morgan fingerprint density at radius 2 is 2.11 bits per heavy atom. The predicted molar refractivity (Wildman–Crippen MR) is 69.4 cm³/mol. The fourth-order valence-electron chi connectivity index (χ4n) is 2.44. The Morgan fingerprint density at radius 1 is 1.33 bits per heavy atom. The zero-order chi connectivity index (χ0) is 12.8. The Bertz CT molecular complexity index is 345. The van der Waals surface area contributed by atoms with Crippen LogP contribution in [0.5, 0.6) is 5.95 Å². The van der Waals surface area contributed by atoms with Crippen LogP contribution in [0.2, 0.25) is 0 Å². The molecular formula is C14H23NO3. The number of nitrogens with two attached hydrogens (primary N) is 1. The zero-order valence-corrected chi connectivity index (χ0v) is 10.8. The largest absolute Gasteiger partial charge is 0.465 e. The second-order valence-electron chi connectivity index (χ2n) is 5.06. The molecule has 0 saturated heterocycles. The van der Waals surface area contributed by atoms with Gasteiger partial charge in [0.25, 0.3) is 5.95 Å². The van der Waals surface area contributed by atoms with Gasteiger partial charge in [-0.1, -0.05) is 19.3 Å². The summed E-state index contributed by atoms with van der Waals surface area (Å²) in [7, 11) is 0. The molecule has 1 atom stereocenters. The molecule has 102 valence electrons. The molecule has 4 nitrogen and oxygen atoms in total. The normalized spacial score (nSPS) is 18.8. The second kappa shape index (κ2) is 6.81. The third kappa shape index (κ3) is 3.75. The Kier molecular flexibility index (Phi) is 5.08. The number of hydrogen-bond acceptors (Lipinski definition) is 4. The van der Waals surface area contributed by atoms with E-state index in [9.17, 15) is 5.11 Å². The van der Waals surface area contributed by atoms with Crippen molar-refractivity contribution in [3.05, 3.63) is 17.9 Å². The summed E-state index contributed by atoms with van der Waals surface area (Å²) in [5, 5.41) is 9.72. The van der Waals surface area contributed by atoms with Gasteiger partial charge in [-0.05, 0) is 37.8 Å². The van der Waals surface area contributed by atoms with Crippen molar-refractivity contribution in [3.8, 4) is 5.95 Å². The van der Waals surface area contributed by atoms with Crippen molar-refractivity contribution in [2.24, 2.45) is 11.7 Å². The maximum absolute atomic E-state index is 9.72. The highest BCUT2D eigenvalue weighted by Gasteiger charge is 2.16. The van der Waals surface area contributed by atoms with Gasteiger partial charge in [0.05, 0.1) is 6.61 Å². The molecule has 4 heteroatoms. The first kappa shape index (κ1) is 13.4. The molecule has 0 spiro atoms. The minimum absolute atomic E-state index is 0.445. The fourth-order valence-corrected chi connectivity index (χ4v) is 2.44. The van der Waals surface area contributed by atoms with Crippen molar-refractivity contribution in [1.29, 1.82) is 0 Å². The summed E-state index contributed by atoms with van der Waals surface area (Å²) in [6.07, 6.45) is 6.37. The summed E-state index contributed by atoms with van der Waals surface area (Å²) in [5.74, 6) is 1.70. The van der Waals surface area contributed by atoms with Crippen LogP contribution in [0.1, 0.15) is 50.4 Å². The van der Waals surface area contributed by atoms with Gasteiger partial charge in [0.2, 0.25) is 0 Å². The Hall–Kier alpha value is -1.00. The molecule has 0 aromatic carbocycles. The van der Waals surface area contributed by atoms with E-state index in [-0.39, 0.29) is 0 Å². The van der Waals surface area contributed by atoms with E-state index in [0.717, 1.165) is 6.61 Å². The van der Waals surface area contributed by atoms with Gasteiger partial charge in [-0.3, -0.25) is 0 Å². The summed E-state index contributed by atoms with van der Waals surface area (Å²) < 4.78 is 11.1. The fraction of sp³-hybridized carbons (Fsp3) is 0.714. The van der Waals surface area contributed by atoms with Gasteiger partial charge in [-0.15, -0.1) is 0 Å². The molecule has 0 aliphatic heterocycles. The van der Waals surface area contributed by atoms with Crippen LogP contribution in [0.3, 0.4) is 0 Å². The monoisotopic (exact) mass is 253 g/mol. The number of furan rings is 1. The molecule has 1 aliphatic rings. The highest BCUT2D eigenvalue weighted by Crippen LogP contribution is 2.27. The smallest absolute Gasteiger partial charge is 0.284 e. The average molecular weight is 253 g/mol. The summed E-state index contributed by atoms with van der Waals surface area (Å²) in [6.45, 7) is 1.17. The van der Waals surface area contributed by atoms with Crippen LogP contribution in [-0.4, -0.2) is 18.3 Å². The van der Waals surface area contributed by atoms with E-state index in [1.807, 2.05) is 0 Å². The molecular weight excluding hydrogens is 230 g/mol. The van der Waals surface area contributed by atoms with Gasteiger partial charge in [0.15, 0.2) is 0 Å². The van der Waals surface area contributed by atoms with Crippen molar-refractivity contribution >= 4 is 0 Å². The number of hydrogen-bond donors (Lipinski definition) is 2. The van der Waals surface area contributed by atoms with Crippen LogP contribution in [0.15, 0.2) is 16.5 Å². The van der Waals surface area contributed by atoms with Gasteiger partial charge in [-0.2, -0.15) is 0 Å². The van der Waals surface area contributed by atoms with Crippen molar-refractivity contribution < 1.29 is 14.3 Å². The number of aliphatic hydroxyl groups excluding tert-OH is 1. The molecule has 3 N–H and O–H groups in total. The van der Waals surface area contributed by atoms with Crippen molar-refractivity contribution in [2.75, 3.05) is 13.2 Å². The standard InChI is InChI=1S/C14H23NO3/c15-9-8-12(16)13-6-7-14(18-13)17-10-11-4-2-1-3-5-11/h6-7,11-12,16H,1-5,8-10,15H2. The van der Waals surface area contributed by atoms with Crippen LogP contribution >= 0.6 is 0 Å². The SMILES string of the molecule is NCCC(O)c1ccc(OCC2CCCCC2)o1. The first-order valence-corrected chi connectivity index (χ1v) is 6.90. The van der Waals surface area contributed by atoms with E-state index >= 15 is 0 Å². The van der Waals surface area contributed by atoms with Gasteiger partial charge in [0, 0.05) is 6.07 Å². The zero-order valence-electron chi connectivity index (χ0n) is 10.8. The van der Waals surface area contributed by atoms with Crippen LogP contribution in [0, 0.1) is 5.92 Å². The van der Waals surface area contributed by atoms with Gasteiger partial charge in [-0.25, -0.2) is 0 Å². The highest BCUT2D eigenvalue weighted by atomic mass is 16.6. The second-order valence-corrected chi connectivity index (χ2v) is 5.06. The Labute approximate surface area is 108 Å². The van der Waals surface area contributed by atoms with Crippen LogP contribution in [0.25, 0.3) is 0 Å². The van der Waals surface area contributed by atoms with Crippen LogP contribution in [0.4, 0.5) is 0 Å². The highest BCUT2D eigenvalue weighted by molar-refractivity contribution is 5.13. The van der Waals surface area contributed by atoms with Crippen LogP contribution in [-0.2, 0) is 0 Å². The lowest BCUT2D eigenvalue weighted by Gasteiger charge is -2.20. The van der Waals surface area contributed by atoms with Crippen molar-refractivity contribution in [2.45, 2.75) is 44.6 Å². The number of aliphatic hydroxyl groups is 1. The average Bonchev–Trinajstić information content (AvgIpc) is 2.87. The van der Waals surface area contributed by atoms with Gasteiger partial charge < -0.3 is 20.0 Å². The predicted octanol–water partition coefficient (Wildman–Crippen LogP) is 2.62. The van der Waals surface area contributed by atoms with Crippen molar-refractivity contribution in [1.82, 2.24) is 0 Å². The minimum atomic E-state index is -0.623. The summed E-state index contributed by atoms with van der Waals surface area (Å²) >= 11 is 0. The lowest BCUT2D eigenvalue weighted by Crippen LogP contribution is -2.15. The third-order valence-corrected chi connectivity index (χ3v) is 3.56. The molecule has 2 rings (SSSR count). The van der Waals surface area contributed by atoms with E-state index < -0.39 is 6.10 Å². The summed E-state index contributed by atoms with van der Waals surface area (Å²) in [5.41, 5.74) is 5.40. The van der Waals surface area contributed by atoms with E-state index in [0.29, 0.717) is 30.6 Å². The van der Waals surface area contributed by atoms with E-state index in [2.05, 4.69) is 0 Å². The quantitative estimate of drug-likeness (QED) is 0.817. The molecule has 18 heavy (non-hydrogen) atoms. The molecule has 1 aliphatic carbocycles. The third-order valence-electron chi connectivity index (χ3n) is 3.56. The summed E-state index contributed by atoms with van der Waals surface area (Å²) in [6, 6.07) is 3.54. The van der Waals surface area contributed by atoms with E-state index in [1.54, 1.807) is 12.1 Å². The molecule has 1 fully saturated rings. The molecule has 1 aromatic heterocycles. The Balaban J connectivity index is 1.79. The Morgan fingerprint density at radius 3 is 2.83 bits per heavy atom. The van der Waals surface area contributed by atoms with Gasteiger partial charge >= 0.3 is 0 Å². The molecule has 0 amide bonds. The lowest BCUT2D eigenvalue weighted by atomic mass is 9.90. The molecule has 1 aromatic rings. The lowest BCUT2D eigenvalue weighted by molar-refractivity contribution is 0.123. The maximum Gasteiger partial charge on any atom is 0.284 e. The molecule has 1 saturated carbocycles. The summed E-state index contributed by atoms with van der Waals surface area (Å²) in [4.78, 5) is 0. The van der Waals surface area contributed by atoms with Crippen molar-refractivity contribution in [3.63, 3.8) is 0 Å². The maximum atomic E-state index is 9.72. The minimum Gasteiger partial charge on any atom is -0.465 e. The van der Waals surface area contributed by atoms with E-state index in [4.69, 9.17) is 14.9 Å². The van der Waals surface area contributed by atoms with Crippen LogP contribution < -0.4 is 10.5 Å². The first-order chi connectivity index (χ1) is 8.79. The topological polar surface area (TPSA) is 68.6 Å². The van der Waals surface area contributed by atoms with Gasteiger partial charge in [0.1, 0.15) is 11.9 Å². The van der Waals surface area contributed by atoms with E-state index in [1.165, 1.54) is 32.1 Å². The number of ether oxygens (including phenoxy) is 1.